The number of unbranched alkanes of at least 4 members (excludes halogenated alkanes) is 16. The number of rotatable bonds is 28. The Balaban J connectivity index is 0.972. The largest absolute Gasteiger partial charge is 0.399 e. The van der Waals surface area contributed by atoms with Crippen LogP contribution in [-0.2, 0) is 12.8 Å². The van der Waals surface area contributed by atoms with Crippen LogP contribution in [0.2, 0.25) is 0 Å². The van der Waals surface area contributed by atoms with Crippen molar-refractivity contribution in [3.05, 3.63) is 129 Å². The van der Waals surface area contributed by atoms with Crippen LogP contribution in [0.25, 0.3) is 0 Å². The van der Waals surface area contributed by atoms with Crippen molar-refractivity contribution < 1.29 is 0 Å². The zero-order chi connectivity index (χ0) is 39.1. The van der Waals surface area contributed by atoms with Gasteiger partial charge in [0.25, 0.3) is 0 Å². The van der Waals surface area contributed by atoms with Gasteiger partial charge in [0.1, 0.15) is 0 Å². The summed E-state index contributed by atoms with van der Waals surface area (Å²) in [5, 5.41) is 0. The summed E-state index contributed by atoms with van der Waals surface area (Å²) in [4.78, 5) is 0. The van der Waals surface area contributed by atoms with Crippen molar-refractivity contribution in [2.75, 3.05) is 11.5 Å². The van der Waals surface area contributed by atoms with Crippen LogP contribution in [-0.4, -0.2) is 0 Å². The molecule has 2 atom stereocenters. The molecule has 0 radical (unpaired) electrons. The summed E-state index contributed by atoms with van der Waals surface area (Å²) in [7, 11) is 0. The Morgan fingerprint density at radius 3 is 0.982 bits per heavy atom. The lowest BCUT2D eigenvalue weighted by atomic mass is 9.84. The van der Waals surface area contributed by atoms with Crippen LogP contribution in [0.4, 0.5) is 11.4 Å². The molecule has 55 heavy (non-hydrogen) atoms. The number of aryl methyl sites for hydroxylation is 4. The van der Waals surface area contributed by atoms with E-state index in [4.69, 9.17) is 11.5 Å². The van der Waals surface area contributed by atoms with Gasteiger partial charge in [-0.3, -0.25) is 0 Å². The molecule has 300 valence electrons. The zero-order valence-electron chi connectivity index (χ0n) is 35.7. The number of hydrogen-bond donors (Lipinski definition) is 2. The predicted molar refractivity (Wildman–Crippen MR) is 243 cm³/mol. The Labute approximate surface area is 338 Å². The molecule has 0 saturated carbocycles. The van der Waals surface area contributed by atoms with Crippen LogP contribution < -0.4 is 11.5 Å². The molecule has 0 aliphatic carbocycles. The van der Waals surface area contributed by atoms with Crippen molar-refractivity contribution in [1.82, 2.24) is 0 Å². The van der Waals surface area contributed by atoms with Crippen LogP contribution in [0.15, 0.2) is 84.9 Å². The average molecular weight is 743 g/mol. The van der Waals surface area contributed by atoms with E-state index in [1.165, 1.54) is 192 Å². The molecule has 0 spiro atoms. The van der Waals surface area contributed by atoms with Crippen LogP contribution in [0.5, 0.6) is 0 Å². The number of hydrogen-bond acceptors (Lipinski definition) is 2. The number of nitrogens with two attached hydrogens (primary N) is 2. The van der Waals surface area contributed by atoms with Crippen LogP contribution >= 0.6 is 0 Å². The maximum atomic E-state index is 6.05. The van der Waals surface area contributed by atoms with E-state index < -0.39 is 0 Å². The lowest BCUT2D eigenvalue weighted by Crippen LogP contribution is -2.04. The average Bonchev–Trinajstić information content (AvgIpc) is 3.18. The minimum absolute atomic E-state index is 0.465. The van der Waals surface area contributed by atoms with E-state index in [0.29, 0.717) is 11.8 Å². The van der Waals surface area contributed by atoms with E-state index >= 15 is 0 Å². The summed E-state index contributed by atoms with van der Waals surface area (Å²) in [5.41, 5.74) is 25.2. The predicted octanol–water partition coefficient (Wildman–Crippen LogP) is 15.7. The molecule has 0 fully saturated rings. The van der Waals surface area contributed by atoms with E-state index in [9.17, 15) is 0 Å². The first kappa shape index (κ1) is 44.2. The third-order valence-electron chi connectivity index (χ3n) is 12.2. The minimum atomic E-state index is 0.465. The van der Waals surface area contributed by atoms with Gasteiger partial charge in [-0.2, -0.15) is 0 Å². The summed E-state index contributed by atoms with van der Waals surface area (Å²) >= 11 is 0. The fourth-order valence-electron chi connectivity index (χ4n) is 8.79. The molecule has 0 aromatic heterocycles. The molecule has 4 aromatic carbocycles. The highest BCUT2D eigenvalue weighted by molar-refractivity contribution is 5.49. The van der Waals surface area contributed by atoms with Crippen molar-refractivity contribution >= 4 is 11.4 Å². The second-order valence-electron chi connectivity index (χ2n) is 16.9. The molecule has 2 nitrogen and oxygen atoms in total. The fraction of sp³-hybridized carbons (Fsp3) is 0.547. The van der Waals surface area contributed by atoms with Crippen LogP contribution in [0, 0.1) is 13.8 Å². The standard InChI is InChI=1S/C53H78N2/c1-5-7-26-52(50-38-36-48(54)40-42(50)3)46-32-28-44(29-33-46)24-22-20-18-16-14-12-10-9-11-13-15-17-19-21-23-25-45-30-34-47(35-31-45)53(27-8-6-2)51-39-37-49(55)41-43(51)4/h28-41,52-53H,5-27,54-55H2,1-4H3. The van der Waals surface area contributed by atoms with Gasteiger partial charge in [0.2, 0.25) is 0 Å². The Morgan fingerprint density at radius 1 is 0.382 bits per heavy atom. The highest BCUT2D eigenvalue weighted by atomic mass is 14.5. The Hall–Kier alpha value is -3.52. The molecule has 0 bridgehead atoms. The molecule has 2 unspecified atom stereocenters. The van der Waals surface area contributed by atoms with E-state index in [0.717, 1.165) is 11.4 Å². The molecule has 0 aliphatic heterocycles. The minimum Gasteiger partial charge on any atom is -0.399 e. The first-order chi connectivity index (χ1) is 26.9. The van der Waals surface area contributed by atoms with Crippen LogP contribution in [0.1, 0.15) is 205 Å². The van der Waals surface area contributed by atoms with Gasteiger partial charge in [0, 0.05) is 23.2 Å². The second-order valence-corrected chi connectivity index (χ2v) is 16.9. The van der Waals surface area contributed by atoms with E-state index in [1.807, 2.05) is 0 Å². The highest BCUT2D eigenvalue weighted by Crippen LogP contribution is 2.34. The number of benzene rings is 4. The van der Waals surface area contributed by atoms with Crippen LogP contribution in [0.3, 0.4) is 0 Å². The quantitative estimate of drug-likeness (QED) is 0.0450. The molecule has 0 amide bonds. The highest BCUT2D eigenvalue weighted by Gasteiger charge is 2.17. The third-order valence-corrected chi connectivity index (χ3v) is 12.2. The van der Waals surface area contributed by atoms with E-state index in [1.54, 1.807) is 0 Å². The second kappa shape index (κ2) is 25.6. The van der Waals surface area contributed by atoms with Gasteiger partial charge >= 0.3 is 0 Å². The summed E-state index contributed by atoms with van der Waals surface area (Å²) in [6.45, 7) is 8.99. The normalized spacial score (nSPS) is 12.6. The maximum Gasteiger partial charge on any atom is 0.0316 e. The van der Waals surface area contributed by atoms with Gasteiger partial charge in [-0.05, 0) is 121 Å². The van der Waals surface area contributed by atoms with Crippen molar-refractivity contribution in [2.45, 2.75) is 187 Å². The lowest BCUT2D eigenvalue weighted by molar-refractivity contribution is 0.530. The summed E-state index contributed by atoms with van der Waals surface area (Å²) in [6.07, 6.45) is 30.7. The van der Waals surface area contributed by atoms with Crippen molar-refractivity contribution in [2.24, 2.45) is 0 Å². The summed E-state index contributed by atoms with van der Waals surface area (Å²) < 4.78 is 0. The topological polar surface area (TPSA) is 52.0 Å². The molecular formula is C53H78N2. The molecule has 4 aromatic rings. The zero-order valence-corrected chi connectivity index (χ0v) is 35.7. The monoisotopic (exact) mass is 743 g/mol. The van der Waals surface area contributed by atoms with Gasteiger partial charge in [-0.15, -0.1) is 0 Å². The SMILES string of the molecule is CCCCC(c1ccc(CCCCCCCCCCCCCCCCCc2ccc(C(CCCC)c3ccc(N)cc3C)cc2)cc1)c1ccc(N)cc1C. The van der Waals surface area contributed by atoms with E-state index in [-0.39, 0.29) is 0 Å². The van der Waals surface area contributed by atoms with Gasteiger partial charge in [-0.25, -0.2) is 0 Å². The molecule has 4 N–H and O–H groups in total. The van der Waals surface area contributed by atoms with Gasteiger partial charge in [0.15, 0.2) is 0 Å². The summed E-state index contributed by atoms with van der Waals surface area (Å²) in [6, 6.07) is 32.0. The Morgan fingerprint density at radius 2 is 0.691 bits per heavy atom. The first-order valence-corrected chi connectivity index (χ1v) is 22.8. The smallest absolute Gasteiger partial charge is 0.0316 e. The molecule has 0 heterocycles. The Bertz CT molecular complexity index is 1480. The third kappa shape index (κ3) is 15.9. The molecule has 4 rings (SSSR count). The van der Waals surface area contributed by atoms with Crippen molar-refractivity contribution in [1.29, 1.82) is 0 Å². The van der Waals surface area contributed by atoms with E-state index in [2.05, 4.69) is 113 Å². The van der Waals surface area contributed by atoms with Gasteiger partial charge in [-0.1, -0.05) is 184 Å². The lowest BCUT2D eigenvalue weighted by Gasteiger charge is -2.21. The van der Waals surface area contributed by atoms with Crippen molar-refractivity contribution in [3.63, 3.8) is 0 Å². The van der Waals surface area contributed by atoms with Crippen molar-refractivity contribution in [3.8, 4) is 0 Å². The summed E-state index contributed by atoms with van der Waals surface area (Å²) in [5.74, 6) is 0.929. The fourth-order valence-corrected chi connectivity index (χ4v) is 8.79. The molecule has 0 aliphatic rings. The number of nitrogen functional groups attached to an aromatic ring is 2. The maximum absolute atomic E-state index is 6.05. The molecule has 2 heteroatoms. The number of anilines is 2. The van der Waals surface area contributed by atoms with Gasteiger partial charge in [0.05, 0.1) is 0 Å². The van der Waals surface area contributed by atoms with Gasteiger partial charge < -0.3 is 11.5 Å². The molecule has 0 saturated heterocycles. The Kier molecular flexibility index (Phi) is 20.6. The first-order valence-electron chi connectivity index (χ1n) is 22.8. The molecular weight excluding hydrogens is 665 g/mol.